The van der Waals surface area contributed by atoms with E-state index in [2.05, 4.69) is 0 Å². The van der Waals surface area contributed by atoms with Crippen molar-refractivity contribution in [2.24, 2.45) is 0 Å². The van der Waals surface area contributed by atoms with Crippen molar-refractivity contribution in [3.63, 3.8) is 0 Å². The molecule has 2 rings (SSSR count). The first-order valence-corrected chi connectivity index (χ1v) is 5.93. The van der Waals surface area contributed by atoms with Gasteiger partial charge in [-0.2, -0.15) is 18.4 Å². The highest BCUT2D eigenvalue weighted by Crippen LogP contribution is 2.41. The summed E-state index contributed by atoms with van der Waals surface area (Å²) in [6.07, 6.45) is -4.44. The third-order valence-electron chi connectivity index (χ3n) is 3.16. The molecule has 1 N–H and O–H groups in total. The lowest BCUT2D eigenvalue weighted by Gasteiger charge is -2.19. The number of fused-ring (bicyclic) bond motifs is 1. The molecule has 7 heteroatoms. The van der Waals surface area contributed by atoms with Gasteiger partial charge in [-0.05, 0) is 12.5 Å². The molecular formula is C13H11F3N2O2. The van der Waals surface area contributed by atoms with Gasteiger partial charge < -0.3 is 10.0 Å². The van der Waals surface area contributed by atoms with Crippen LogP contribution < -0.4 is 0 Å². The molecule has 1 heterocycles. The minimum absolute atomic E-state index is 0.0412. The van der Waals surface area contributed by atoms with Crippen LogP contribution in [-0.4, -0.2) is 29.1 Å². The number of nitrogens with zero attached hydrogens (tertiary/aromatic N) is 2. The van der Waals surface area contributed by atoms with E-state index in [0.29, 0.717) is 0 Å². The minimum atomic E-state index is -4.64. The molecule has 1 unspecified atom stereocenters. The number of carbonyl (C=O) groups is 1. The Balaban J connectivity index is 2.52. The normalized spacial score (nSPS) is 18.1. The van der Waals surface area contributed by atoms with Gasteiger partial charge in [-0.3, -0.25) is 4.79 Å². The summed E-state index contributed by atoms with van der Waals surface area (Å²) in [5.74, 6) is -0.812. The van der Waals surface area contributed by atoms with Crippen molar-refractivity contribution in [2.45, 2.75) is 18.6 Å². The summed E-state index contributed by atoms with van der Waals surface area (Å²) in [7, 11) is 0. The van der Waals surface area contributed by atoms with Gasteiger partial charge in [0.15, 0.2) is 0 Å². The van der Waals surface area contributed by atoms with Crippen LogP contribution in [0.4, 0.5) is 13.2 Å². The van der Waals surface area contributed by atoms with Crippen LogP contribution >= 0.6 is 0 Å². The van der Waals surface area contributed by atoms with Crippen LogP contribution in [0.2, 0.25) is 0 Å². The van der Waals surface area contributed by atoms with Gasteiger partial charge in [-0.25, -0.2) is 0 Å². The molecular weight excluding hydrogens is 273 g/mol. The van der Waals surface area contributed by atoms with Crippen LogP contribution in [-0.2, 0) is 6.18 Å². The maximum Gasteiger partial charge on any atom is 0.417 e. The summed E-state index contributed by atoms with van der Waals surface area (Å²) in [6, 6.07) is 4.19. The number of halogens is 3. The van der Waals surface area contributed by atoms with E-state index in [9.17, 15) is 18.0 Å². The van der Waals surface area contributed by atoms with E-state index in [0.717, 1.165) is 11.0 Å². The highest BCUT2D eigenvalue weighted by Gasteiger charge is 2.44. The fraction of sp³-hybridized carbons (Fsp3) is 0.385. The first kappa shape index (κ1) is 14.3. The van der Waals surface area contributed by atoms with E-state index in [1.54, 1.807) is 0 Å². The second-order valence-corrected chi connectivity index (χ2v) is 4.37. The number of hydrogen-bond donors (Lipinski definition) is 1. The Morgan fingerprint density at radius 3 is 2.65 bits per heavy atom. The number of hydrogen-bond acceptors (Lipinski definition) is 3. The average molecular weight is 284 g/mol. The molecule has 1 aliphatic heterocycles. The zero-order valence-corrected chi connectivity index (χ0v) is 10.3. The molecule has 1 aromatic carbocycles. The number of aliphatic hydroxyl groups is 1. The molecule has 1 atom stereocenters. The summed E-state index contributed by atoms with van der Waals surface area (Å²) < 4.78 is 38.8. The quantitative estimate of drug-likeness (QED) is 0.924. The van der Waals surface area contributed by atoms with Gasteiger partial charge in [0.25, 0.3) is 5.91 Å². The molecule has 0 saturated carbocycles. The maximum atomic E-state index is 12.9. The first-order chi connectivity index (χ1) is 9.41. The molecule has 4 nitrogen and oxygen atoms in total. The van der Waals surface area contributed by atoms with Crippen molar-refractivity contribution in [1.82, 2.24) is 4.90 Å². The molecule has 1 aliphatic rings. The molecule has 0 aromatic heterocycles. The molecule has 0 spiro atoms. The molecule has 0 bridgehead atoms. The van der Waals surface area contributed by atoms with Crippen molar-refractivity contribution in [1.29, 1.82) is 5.26 Å². The van der Waals surface area contributed by atoms with E-state index in [1.165, 1.54) is 12.1 Å². The van der Waals surface area contributed by atoms with Crippen LogP contribution in [0.5, 0.6) is 0 Å². The number of alkyl halides is 3. The summed E-state index contributed by atoms with van der Waals surface area (Å²) in [4.78, 5) is 13.2. The number of aliphatic hydroxyl groups excluding tert-OH is 1. The van der Waals surface area contributed by atoms with E-state index >= 15 is 0 Å². The number of nitriles is 1. The third-order valence-corrected chi connectivity index (χ3v) is 3.16. The van der Waals surface area contributed by atoms with Gasteiger partial charge in [0, 0.05) is 18.7 Å². The van der Waals surface area contributed by atoms with Gasteiger partial charge >= 0.3 is 6.18 Å². The second-order valence-electron chi connectivity index (χ2n) is 4.37. The lowest BCUT2D eigenvalue weighted by atomic mass is 10.00. The number of benzene rings is 1. The molecule has 1 amide bonds. The van der Waals surface area contributed by atoms with Crippen LogP contribution in [0.1, 0.15) is 33.9 Å². The standard InChI is InChI=1S/C13H11F3N2O2/c14-13(15,16)9-4-1-3-8-10(7-17)18(5-2-6-19)12(20)11(8)9/h1,3-4,10,19H,2,5-6H2. The zero-order valence-electron chi connectivity index (χ0n) is 10.3. The van der Waals surface area contributed by atoms with E-state index in [-0.39, 0.29) is 25.1 Å². The number of amides is 1. The molecule has 0 saturated heterocycles. The third kappa shape index (κ3) is 2.23. The Morgan fingerprint density at radius 2 is 2.10 bits per heavy atom. The van der Waals surface area contributed by atoms with E-state index in [4.69, 9.17) is 10.4 Å². The number of carbonyl (C=O) groups excluding carboxylic acids is 1. The van der Waals surface area contributed by atoms with Crippen molar-refractivity contribution in [2.75, 3.05) is 13.2 Å². The molecule has 106 valence electrons. The largest absolute Gasteiger partial charge is 0.417 e. The van der Waals surface area contributed by atoms with Gasteiger partial charge in [-0.15, -0.1) is 0 Å². The smallest absolute Gasteiger partial charge is 0.396 e. The lowest BCUT2D eigenvalue weighted by molar-refractivity contribution is -0.137. The van der Waals surface area contributed by atoms with Crippen LogP contribution in [0, 0.1) is 11.3 Å². The number of rotatable bonds is 3. The molecule has 0 aliphatic carbocycles. The fourth-order valence-electron chi connectivity index (χ4n) is 2.31. The molecule has 1 aromatic rings. The summed E-state index contributed by atoms with van der Waals surface area (Å²) in [5, 5.41) is 17.9. The fourth-order valence-corrected chi connectivity index (χ4v) is 2.31. The SMILES string of the molecule is N#CC1c2cccc(C(F)(F)F)c2C(=O)N1CCCO. The average Bonchev–Trinajstić information content (AvgIpc) is 2.67. The Labute approximate surface area is 113 Å². The van der Waals surface area contributed by atoms with Gasteiger partial charge in [0.05, 0.1) is 17.2 Å². The van der Waals surface area contributed by atoms with Gasteiger partial charge in [-0.1, -0.05) is 12.1 Å². The molecule has 20 heavy (non-hydrogen) atoms. The van der Waals surface area contributed by atoms with Crippen molar-refractivity contribution < 1.29 is 23.1 Å². The minimum Gasteiger partial charge on any atom is -0.396 e. The monoisotopic (exact) mass is 284 g/mol. The Bertz CT molecular complexity index is 578. The highest BCUT2D eigenvalue weighted by molar-refractivity contribution is 6.01. The van der Waals surface area contributed by atoms with Crippen molar-refractivity contribution in [3.8, 4) is 6.07 Å². The lowest BCUT2D eigenvalue weighted by Crippen LogP contribution is -2.29. The molecule has 0 fully saturated rings. The van der Waals surface area contributed by atoms with Crippen molar-refractivity contribution in [3.05, 3.63) is 34.9 Å². The second kappa shape index (κ2) is 5.13. The van der Waals surface area contributed by atoms with E-state index < -0.39 is 29.3 Å². The summed E-state index contributed by atoms with van der Waals surface area (Å²) in [5.41, 5.74) is -1.40. The maximum absolute atomic E-state index is 12.9. The van der Waals surface area contributed by atoms with Gasteiger partial charge in [0.1, 0.15) is 6.04 Å². The predicted octanol–water partition coefficient (Wildman–Crippen LogP) is 2.11. The Kier molecular flexibility index (Phi) is 3.68. The van der Waals surface area contributed by atoms with Crippen LogP contribution in [0.3, 0.4) is 0 Å². The summed E-state index contributed by atoms with van der Waals surface area (Å²) >= 11 is 0. The highest BCUT2D eigenvalue weighted by atomic mass is 19.4. The predicted molar refractivity (Wildman–Crippen MR) is 62.5 cm³/mol. The first-order valence-electron chi connectivity index (χ1n) is 5.93. The topological polar surface area (TPSA) is 64.3 Å². The Morgan fingerprint density at radius 1 is 1.40 bits per heavy atom. The Hall–Kier alpha value is -2.07. The summed E-state index contributed by atoms with van der Waals surface area (Å²) in [6.45, 7) is -0.163. The van der Waals surface area contributed by atoms with E-state index in [1.807, 2.05) is 6.07 Å². The van der Waals surface area contributed by atoms with Crippen LogP contribution in [0.15, 0.2) is 18.2 Å². The molecule has 0 radical (unpaired) electrons. The van der Waals surface area contributed by atoms with Crippen molar-refractivity contribution >= 4 is 5.91 Å². The van der Waals surface area contributed by atoms with Crippen LogP contribution in [0.25, 0.3) is 0 Å². The van der Waals surface area contributed by atoms with Gasteiger partial charge in [0.2, 0.25) is 0 Å². The zero-order chi connectivity index (χ0) is 14.9.